The van der Waals surface area contributed by atoms with Gasteiger partial charge in [-0.3, -0.25) is 0 Å². The smallest absolute Gasteiger partial charge is 0.118 e. The van der Waals surface area contributed by atoms with Crippen molar-refractivity contribution in [1.29, 1.82) is 0 Å². The summed E-state index contributed by atoms with van der Waals surface area (Å²) in [5.41, 5.74) is 1.19. The standard InChI is InChI=1S/C14H24N2O2/c1-11(15-9-13(17)10-16(2)3)12-5-7-14(18-4)8-6-12/h5-8,11,13,15,17H,9-10H2,1-4H3. The van der Waals surface area contributed by atoms with Crippen LogP contribution in [0.5, 0.6) is 5.75 Å². The number of likely N-dealkylation sites (N-methyl/N-ethyl adjacent to an activating group) is 1. The maximum atomic E-state index is 9.77. The number of aliphatic hydroxyl groups excluding tert-OH is 1. The molecular weight excluding hydrogens is 228 g/mol. The summed E-state index contributed by atoms with van der Waals surface area (Å²) in [6, 6.07) is 8.18. The highest BCUT2D eigenvalue weighted by molar-refractivity contribution is 5.28. The molecule has 0 heterocycles. The Labute approximate surface area is 110 Å². The van der Waals surface area contributed by atoms with Crippen molar-refractivity contribution in [1.82, 2.24) is 10.2 Å². The zero-order valence-corrected chi connectivity index (χ0v) is 11.7. The lowest BCUT2D eigenvalue weighted by atomic mass is 10.1. The molecular formula is C14H24N2O2. The molecule has 4 nitrogen and oxygen atoms in total. The van der Waals surface area contributed by atoms with Crippen LogP contribution < -0.4 is 10.1 Å². The molecule has 0 amide bonds. The minimum Gasteiger partial charge on any atom is -0.497 e. The maximum Gasteiger partial charge on any atom is 0.118 e. The van der Waals surface area contributed by atoms with Crippen molar-refractivity contribution in [2.24, 2.45) is 0 Å². The summed E-state index contributed by atoms with van der Waals surface area (Å²) in [5, 5.41) is 13.1. The molecule has 0 fully saturated rings. The zero-order chi connectivity index (χ0) is 13.5. The van der Waals surface area contributed by atoms with E-state index in [4.69, 9.17) is 4.74 Å². The number of rotatable bonds is 7. The first-order valence-electron chi connectivity index (χ1n) is 6.23. The van der Waals surface area contributed by atoms with Gasteiger partial charge in [0.1, 0.15) is 5.75 Å². The van der Waals surface area contributed by atoms with Gasteiger partial charge in [-0.2, -0.15) is 0 Å². The van der Waals surface area contributed by atoms with Gasteiger partial charge in [0.05, 0.1) is 13.2 Å². The average molecular weight is 252 g/mol. The van der Waals surface area contributed by atoms with Crippen LogP contribution in [0.25, 0.3) is 0 Å². The van der Waals surface area contributed by atoms with E-state index in [1.54, 1.807) is 7.11 Å². The number of nitrogens with one attached hydrogen (secondary N) is 1. The third kappa shape index (κ3) is 5.04. The monoisotopic (exact) mass is 252 g/mol. The number of methoxy groups -OCH3 is 1. The zero-order valence-electron chi connectivity index (χ0n) is 11.7. The molecule has 102 valence electrons. The fraction of sp³-hybridized carbons (Fsp3) is 0.571. The number of aliphatic hydroxyl groups is 1. The van der Waals surface area contributed by atoms with Gasteiger partial charge < -0.3 is 20.1 Å². The number of hydrogen-bond acceptors (Lipinski definition) is 4. The second kappa shape index (κ2) is 7.36. The van der Waals surface area contributed by atoms with Crippen LogP contribution in [0.4, 0.5) is 0 Å². The van der Waals surface area contributed by atoms with Gasteiger partial charge in [-0.25, -0.2) is 0 Å². The van der Waals surface area contributed by atoms with Crippen molar-refractivity contribution < 1.29 is 9.84 Å². The Balaban J connectivity index is 2.42. The highest BCUT2D eigenvalue weighted by Crippen LogP contribution is 2.16. The lowest BCUT2D eigenvalue weighted by Crippen LogP contribution is -2.36. The molecule has 18 heavy (non-hydrogen) atoms. The molecule has 2 unspecified atom stereocenters. The Morgan fingerprint density at radius 1 is 1.28 bits per heavy atom. The minimum atomic E-state index is -0.347. The largest absolute Gasteiger partial charge is 0.497 e. The topological polar surface area (TPSA) is 44.7 Å². The Hall–Kier alpha value is -1.10. The van der Waals surface area contributed by atoms with Crippen molar-refractivity contribution in [3.8, 4) is 5.75 Å². The molecule has 0 aromatic heterocycles. The van der Waals surface area contributed by atoms with Gasteiger partial charge in [-0.05, 0) is 38.7 Å². The molecule has 1 rings (SSSR count). The Morgan fingerprint density at radius 2 is 1.89 bits per heavy atom. The van der Waals surface area contributed by atoms with Crippen LogP contribution in [0, 0.1) is 0 Å². The quantitative estimate of drug-likeness (QED) is 0.767. The third-order valence-electron chi connectivity index (χ3n) is 2.85. The summed E-state index contributed by atoms with van der Waals surface area (Å²) in [4.78, 5) is 1.98. The SMILES string of the molecule is COc1ccc(C(C)NCC(O)CN(C)C)cc1. The molecule has 0 saturated carbocycles. The molecule has 0 aliphatic heterocycles. The van der Waals surface area contributed by atoms with Gasteiger partial charge in [0.25, 0.3) is 0 Å². The number of hydrogen-bond donors (Lipinski definition) is 2. The van der Waals surface area contributed by atoms with Crippen LogP contribution in [-0.4, -0.2) is 50.4 Å². The van der Waals surface area contributed by atoms with E-state index in [2.05, 4.69) is 12.2 Å². The first-order valence-corrected chi connectivity index (χ1v) is 6.23. The van der Waals surface area contributed by atoms with Crippen LogP contribution in [0.2, 0.25) is 0 Å². The summed E-state index contributed by atoms with van der Waals surface area (Å²) < 4.78 is 5.12. The molecule has 1 aromatic carbocycles. The average Bonchev–Trinajstić information content (AvgIpc) is 2.35. The number of benzene rings is 1. The maximum absolute atomic E-state index is 9.77. The predicted molar refractivity (Wildman–Crippen MR) is 74.0 cm³/mol. The van der Waals surface area contributed by atoms with Crippen molar-refractivity contribution in [2.45, 2.75) is 19.1 Å². The summed E-state index contributed by atoms with van der Waals surface area (Å²) >= 11 is 0. The lowest BCUT2D eigenvalue weighted by molar-refractivity contribution is 0.132. The van der Waals surface area contributed by atoms with Crippen molar-refractivity contribution in [2.75, 3.05) is 34.3 Å². The van der Waals surface area contributed by atoms with E-state index in [0.717, 1.165) is 5.75 Å². The van der Waals surface area contributed by atoms with Gasteiger partial charge >= 0.3 is 0 Å². The number of ether oxygens (including phenoxy) is 1. The molecule has 2 atom stereocenters. The van der Waals surface area contributed by atoms with Crippen LogP contribution in [0.3, 0.4) is 0 Å². The second-order valence-corrected chi connectivity index (χ2v) is 4.82. The number of nitrogens with zero attached hydrogens (tertiary/aromatic N) is 1. The molecule has 0 saturated heterocycles. The van der Waals surface area contributed by atoms with E-state index >= 15 is 0 Å². The van der Waals surface area contributed by atoms with Gasteiger partial charge in [-0.1, -0.05) is 12.1 Å². The molecule has 4 heteroatoms. The second-order valence-electron chi connectivity index (χ2n) is 4.82. The highest BCUT2D eigenvalue weighted by Gasteiger charge is 2.09. The minimum absolute atomic E-state index is 0.215. The van der Waals surface area contributed by atoms with Gasteiger partial charge in [0.15, 0.2) is 0 Å². The molecule has 0 spiro atoms. The van der Waals surface area contributed by atoms with E-state index < -0.39 is 0 Å². The van der Waals surface area contributed by atoms with E-state index in [9.17, 15) is 5.11 Å². The van der Waals surface area contributed by atoms with Crippen LogP contribution in [0.15, 0.2) is 24.3 Å². The third-order valence-corrected chi connectivity index (χ3v) is 2.85. The Morgan fingerprint density at radius 3 is 2.39 bits per heavy atom. The summed E-state index contributed by atoms with van der Waals surface area (Å²) in [7, 11) is 5.57. The van der Waals surface area contributed by atoms with Gasteiger partial charge in [0, 0.05) is 19.1 Å². The van der Waals surface area contributed by atoms with Crippen molar-refractivity contribution >= 4 is 0 Å². The van der Waals surface area contributed by atoms with Crippen molar-refractivity contribution in [3.05, 3.63) is 29.8 Å². The summed E-state index contributed by atoms with van der Waals surface area (Å²) in [5.74, 6) is 0.860. The Kier molecular flexibility index (Phi) is 6.12. The fourth-order valence-corrected chi connectivity index (χ4v) is 1.81. The first-order chi connectivity index (χ1) is 8.52. The molecule has 0 bridgehead atoms. The molecule has 2 N–H and O–H groups in total. The van der Waals surface area contributed by atoms with E-state index in [0.29, 0.717) is 13.1 Å². The highest BCUT2D eigenvalue weighted by atomic mass is 16.5. The van der Waals surface area contributed by atoms with Crippen LogP contribution in [0.1, 0.15) is 18.5 Å². The van der Waals surface area contributed by atoms with Gasteiger partial charge in [-0.15, -0.1) is 0 Å². The first kappa shape index (κ1) is 15.0. The normalized spacial score (nSPS) is 14.6. The van der Waals surface area contributed by atoms with E-state index in [-0.39, 0.29) is 12.1 Å². The molecule has 1 aromatic rings. The Bertz CT molecular complexity index is 338. The fourth-order valence-electron chi connectivity index (χ4n) is 1.81. The molecule has 0 aliphatic rings. The van der Waals surface area contributed by atoms with E-state index in [1.165, 1.54) is 5.56 Å². The van der Waals surface area contributed by atoms with Gasteiger partial charge in [0.2, 0.25) is 0 Å². The molecule has 0 radical (unpaired) electrons. The van der Waals surface area contributed by atoms with Crippen LogP contribution >= 0.6 is 0 Å². The molecule has 0 aliphatic carbocycles. The van der Waals surface area contributed by atoms with Crippen LogP contribution in [-0.2, 0) is 0 Å². The predicted octanol–water partition coefficient (Wildman–Crippen LogP) is 1.27. The van der Waals surface area contributed by atoms with Crippen molar-refractivity contribution in [3.63, 3.8) is 0 Å². The lowest BCUT2D eigenvalue weighted by Gasteiger charge is -2.20. The summed E-state index contributed by atoms with van der Waals surface area (Å²) in [6.07, 6.45) is -0.347. The summed E-state index contributed by atoms with van der Waals surface area (Å²) in [6.45, 7) is 3.35. The van der Waals surface area contributed by atoms with E-state index in [1.807, 2.05) is 43.3 Å².